The maximum Gasteiger partial charge on any atom is 0.222 e. The van der Waals surface area contributed by atoms with Crippen molar-refractivity contribution in [2.45, 2.75) is 128 Å². The Balaban J connectivity index is 5.36. The van der Waals surface area contributed by atoms with E-state index in [-0.39, 0.29) is 67.1 Å². The number of carbonyl (C=O) groups excluding carboxylic acids is 5. The number of carbonyl (C=O) groups is 5. The zero-order chi connectivity index (χ0) is 33.2. The van der Waals surface area contributed by atoms with Gasteiger partial charge in [0.15, 0.2) is 0 Å². The van der Waals surface area contributed by atoms with Gasteiger partial charge in [0.1, 0.15) is 11.6 Å². The van der Waals surface area contributed by atoms with E-state index in [2.05, 4.69) is 37.2 Å². The molecule has 0 spiro atoms. The summed E-state index contributed by atoms with van der Waals surface area (Å²) in [7, 11) is 7.58. The molecule has 0 aliphatic rings. The lowest BCUT2D eigenvalue weighted by atomic mass is 10.0. The van der Waals surface area contributed by atoms with Crippen molar-refractivity contribution in [3.05, 3.63) is 0 Å². The van der Waals surface area contributed by atoms with Crippen LogP contribution in [0.5, 0.6) is 0 Å². The SMILES string of the molecule is CNCCCCC(CC(=O)NC(CCCCNC)CC(=O)NC(CCCCNC)CC(=O)NC(CC(C)=O)CC(C)=O)NC. The molecule has 44 heavy (non-hydrogen) atoms. The summed E-state index contributed by atoms with van der Waals surface area (Å²) in [5.74, 6) is -0.802. The van der Waals surface area contributed by atoms with Crippen LogP contribution in [0.3, 0.4) is 0 Å². The van der Waals surface area contributed by atoms with Gasteiger partial charge in [-0.1, -0.05) is 19.3 Å². The highest BCUT2D eigenvalue weighted by Crippen LogP contribution is 2.11. The zero-order valence-corrected chi connectivity index (χ0v) is 28.4. The lowest BCUT2D eigenvalue weighted by molar-refractivity contribution is -0.124. The second-order valence-electron chi connectivity index (χ2n) is 12.0. The summed E-state index contributed by atoms with van der Waals surface area (Å²) < 4.78 is 0. The van der Waals surface area contributed by atoms with Crippen molar-refractivity contribution in [3.8, 4) is 0 Å². The average molecular weight is 626 g/mol. The van der Waals surface area contributed by atoms with Crippen LogP contribution in [0, 0.1) is 0 Å². The first kappa shape index (κ1) is 41.6. The van der Waals surface area contributed by atoms with Crippen LogP contribution < -0.4 is 37.2 Å². The van der Waals surface area contributed by atoms with E-state index in [1.165, 1.54) is 13.8 Å². The molecule has 256 valence electrons. The molecule has 0 radical (unpaired) electrons. The van der Waals surface area contributed by atoms with Crippen molar-refractivity contribution in [1.82, 2.24) is 37.2 Å². The van der Waals surface area contributed by atoms with Crippen molar-refractivity contribution < 1.29 is 24.0 Å². The third kappa shape index (κ3) is 24.0. The van der Waals surface area contributed by atoms with Gasteiger partial charge in [-0.25, -0.2) is 0 Å². The van der Waals surface area contributed by atoms with E-state index in [9.17, 15) is 24.0 Å². The van der Waals surface area contributed by atoms with Crippen LogP contribution in [-0.2, 0) is 24.0 Å². The van der Waals surface area contributed by atoms with Crippen LogP contribution >= 0.6 is 0 Å². The van der Waals surface area contributed by atoms with E-state index in [1.807, 2.05) is 28.2 Å². The summed E-state index contributed by atoms with van der Waals surface area (Å²) in [5.41, 5.74) is 0. The Bertz CT molecular complexity index is 811. The topological polar surface area (TPSA) is 170 Å². The Morgan fingerprint density at radius 2 is 0.750 bits per heavy atom. The fraction of sp³-hybridized carbons (Fsp3) is 0.844. The molecule has 0 fully saturated rings. The Kier molecular flexibility index (Phi) is 25.5. The van der Waals surface area contributed by atoms with Crippen molar-refractivity contribution in [2.75, 3.05) is 47.8 Å². The number of hydrogen-bond acceptors (Lipinski definition) is 9. The lowest BCUT2D eigenvalue weighted by Gasteiger charge is -2.24. The molecule has 0 saturated heterocycles. The molecule has 12 heteroatoms. The van der Waals surface area contributed by atoms with Crippen LogP contribution in [0.15, 0.2) is 0 Å². The lowest BCUT2D eigenvalue weighted by Crippen LogP contribution is -2.45. The summed E-state index contributed by atoms with van der Waals surface area (Å²) in [6.07, 6.45) is 8.46. The normalized spacial score (nSPS) is 13.2. The summed E-state index contributed by atoms with van der Waals surface area (Å²) >= 11 is 0. The highest BCUT2D eigenvalue weighted by Gasteiger charge is 2.23. The van der Waals surface area contributed by atoms with Crippen LogP contribution in [0.1, 0.15) is 104 Å². The Morgan fingerprint density at radius 3 is 1.07 bits per heavy atom. The van der Waals surface area contributed by atoms with Gasteiger partial charge in [0.2, 0.25) is 17.7 Å². The second-order valence-corrected chi connectivity index (χ2v) is 12.0. The highest BCUT2D eigenvalue weighted by atomic mass is 16.2. The minimum Gasteiger partial charge on any atom is -0.353 e. The summed E-state index contributed by atoms with van der Waals surface area (Å²) in [6.45, 7) is 5.50. The first-order valence-corrected chi connectivity index (χ1v) is 16.5. The molecule has 3 atom stereocenters. The Hall–Kier alpha value is -2.41. The molecule has 0 heterocycles. The van der Waals surface area contributed by atoms with E-state index in [0.717, 1.165) is 64.6 Å². The second kappa shape index (κ2) is 26.9. The minimum absolute atomic E-state index is 0.0498. The Morgan fingerprint density at radius 1 is 0.432 bits per heavy atom. The van der Waals surface area contributed by atoms with Gasteiger partial charge in [-0.2, -0.15) is 0 Å². The minimum atomic E-state index is -0.555. The summed E-state index contributed by atoms with van der Waals surface area (Å²) in [4.78, 5) is 62.5. The first-order chi connectivity index (χ1) is 21.0. The van der Waals surface area contributed by atoms with E-state index in [4.69, 9.17) is 0 Å². The van der Waals surface area contributed by atoms with Gasteiger partial charge in [-0.15, -0.1) is 0 Å². The number of Topliss-reactive ketones (excluding diaryl/α,β-unsaturated/α-hetero) is 2. The van der Waals surface area contributed by atoms with Crippen LogP contribution in [0.4, 0.5) is 0 Å². The largest absolute Gasteiger partial charge is 0.353 e. The molecule has 0 rings (SSSR count). The smallest absolute Gasteiger partial charge is 0.222 e. The molecule has 3 amide bonds. The van der Waals surface area contributed by atoms with Crippen molar-refractivity contribution in [2.24, 2.45) is 0 Å². The summed E-state index contributed by atoms with van der Waals surface area (Å²) in [5, 5.41) is 21.6. The average Bonchev–Trinajstić information content (AvgIpc) is 2.94. The molecule has 3 unspecified atom stereocenters. The van der Waals surface area contributed by atoms with E-state index in [0.29, 0.717) is 19.3 Å². The molecule has 7 N–H and O–H groups in total. The maximum atomic E-state index is 13.3. The zero-order valence-electron chi connectivity index (χ0n) is 28.4. The van der Waals surface area contributed by atoms with Crippen LogP contribution in [-0.4, -0.2) is 101 Å². The van der Waals surface area contributed by atoms with Crippen LogP contribution in [0.25, 0.3) is 0 Å². The number of unbranched alkanes of at least 4 members (excludes halogenated alkanes) is 3. The quantitative estimate of drug-likeness (QED) is 0.0606. The van der Waals surface area contributed by atoms with Crippen molar-refractivity contribution >= 4 is 29.3 Å². The number of ketones is 2. The highest BCUT2D eigenvalue weighted by molar-refractivity contribution is 5.84. The van der Waals surface area contributed by atoms with E-state index >= 15 is 0 Å². The molecule has 0 aromatic carbocycles. The molecule has 0 saturated carbocycles. The van der Waals surface area contributed by atoms with Gasteiger partial charge in [-0.05, 0) is 100 Å². The van der Waals surface area contributed by atoms with Gasteiger partial charge >= 0.3 is 0 Å². The van der Waals surface area contributed by atoms with Crippen molar-refractivity contribution in [3.63, 3.8) is 0 Å². The number of nitrogens with one attached hydrogen (secondary N) is 7. The number of hydrogen-bond donors (Lipinski definition) is 7. The predicted octanol–water partition coefficient (Wildman–Crippen LogP) is 1.33. The Labute approximate surface area is 266 Å². The molecule has 0 aliphatic carbocycles. The van der Waals surface area contributed by atoms with Gasteiger partial charge in [-0.3, -0.25) is 24.0 Å². The third-order valence-corrected chi connectivity index (χ3v) is 7.55. The first-order valence-electron chi connectivity index (χ1n) is 16.5. The van der Waals surface area contributed by atoms with Gasteiger partial charge in [0.05, 0.1) is 0 Å². The molecular weight excluding hydrogens is 562 g/mol. The number of rotatable bonds is 29. The third-order valence-electron chi connectivity index (χ3n) is 7.55. The van der Waals surface area contributed by atoms with Gasteiger partial charge in [0, 0.05) is 56.3 Å². The molecular formula is C32H63N7O5. The van der Waals surface area contributed by atoms with Gasteiger partial charge < -0.3 is 37.2 Å². The fourth-order valence-electron chi connectivity index (χ4n) is 5.28. The molecule has 0 aromatic heterocycles. The molecule has 0 aliphatic heterocycles. The van der Waals surface area contributed by atoms with Gasteiger partial charge in [0.25, 0.3) is 0 Å². The predicted molar refractivity (Wildman–Crippen MR) is 176 cm³/mol. The van der Waals surface area contributed by atoms with Crippen LogP contribution in [0.2, 0.25) is 0 Å². The van der Waals surface area contributed by atoms with E-state index < -0.39 is 12.1 Å². The number of amides is 3. The fourth-order valence-corrected chi connectivity index (χ4v) is 5.28. The summed E-state index contributed by atoms with van der Waals surface area (Å²) in [6, 6.07) is -1.20. The molecule has 12 nitrogen and oxygen atoms in total. The monoisotopic (exact) mass is 625 g/mol. The molecule has 0 aromatic rings. The van der Waals surface area contributed by atoms with Crippen molar-refractivity contribution in [1.29, 1.82) is 0 Å². The van der Waals surface area contributed by atoms with E-state index in [1.54, 1.807) is 0 Å². The standard InChI is InChI=1S/C32H63N7O5/c1-24(40)19-29(20-25(2)41)39-32(44)23-28(15-9-12-18-35-5)38-31(43)22-27(14-8-11-17-34-4)37-30(42)21-26(36-6)13-7-10-16-33-3/h26-29,33-36H,7-23H2,1-6H3,(H,37,42)(H,38,43)(H,39,44). The maximum absolute atomic E-state index is 13.3. The molecule has 0 bridgehead atoms.